The van der Waals surface area contributed by atoms with Gasteiger partial charge in [-0.25, -0.2) is 12.8 Å². The molecule has 3 aromatic carbocycles. The lowest BCUT2D eigenvalue weighted by Crippen LogP contribution is -2.55. The Labute approximate surface area is 256 Å². The summed E-state index contributed by atoms with van der Waals surface area (Å²) >= 11 is 12.2. The molecule has 11 heteroatoms. The summed E-state index contributed by atoms with van der Waals surface area (Å²) in [5, 5.41) is 3.33. The summed E-state index contributed by atoms with van der Waals surface area (Å²) in [7, 11) is -4.00. The number of nitrogens with one attached hydrogen (secondary N) is 1. The molecule has 7 nitrogen and oxygen atoms in total. The van der Waals surface area contributed by atoms with Crippen LogP contribution in [0.2, 0.25) is 10.0 Å². The molecular formula is C31H34Cl2FN3O4S. The van der Waals surface area contributed by atoms with Crippen molar-refractivity contribution in [3.05, 3.63) is 99.8 Å². The van der Waals surface area contributed by atoms with Gasteiger partial charge in [-0.15, -0.1) is 0 Å². The minimum absolute atomic E-state index is 0.00141. The van der Waals surface area contributed by atoms with Crippen LogP contribution in [0.15, 0.2) is 72.8 Å². The molecule has 1 aliphatic rings. The molecule has 0 aliphatic heterocycles. The summed E-state index contributed by atoms with van der Waals surface area (Å²) < 4.78 is 40.5. The highest BCUT2D eigenvalue weighted by molar-refractivity contribution is 7.92. The predicted molar refractivity (Wildman–Crippen MR) is 165 cm³/mol. The van der Waals surface area contributed by atoms with E-state index in [2.05, 4.69) is 5.32 Å². The van der Waals surface area contributed by atoms with Gasteiger partial charge in [0.05, 0.1) is 17.0 Å². The third kappa shape index (κ3) is 8.69. The smallest absolute Gasteiger partial charge is 0.244 e. The minimum atomic E-state index is -4.00. The first-order valence-corrected chi connectivity index (χ1v) is 16.4. The third-order valence-electron chi connectivity index (χ3n) is 7.33. The van der Waals surface area contributed by atoms with Crippen LogP contribution in [0.3, 0.4) is 0 Å². The van der Waals surface area contributed by atoms with Crippen molar-refractivity contribution in [3.63, 3.8) is 0 Å². The fraction of sp³-hybridized carbons (Fsp3) is 0.355. The van der Waals surface area contributed by atoms with Crippen LogP contribution in [0, 0.1) is 5.82 Å². The zero-order chi connectivity index (χ0) is 30.3. The molecule has 1 saturated carbocycles. The van der Waals surface area contributed by atoms with E-state index in [0.29, 0.717) is 10.6 Å². The zero-order valence-electron chi connectivity index (χ0n) is 23.3. The molecule has 0 heterocycles. The number of anilines is 1. The van der Waals surface area contributed by atoms with E-state index in [4.69, 9.17) is 23.2 Å². The molecule has 1 atom stereocenters. The summed E-state index contributed by atoms with van der Waals surface area (Å²) in [5.74, 6) is -1.64. The average Bonchev–Trinajstić information content (AvgIpc) is 2.95. The van der Waals surface area contributed by atoms with Crippen molar-refractivity contribution in [2.24, 2.45) is 0 Å². The van der Waals surface area contributed by atoms with Crippen molar-refractivity contribution in [3.8, 4) is 0 Å². The fourth-order valence-electron chi connectivity index (χ4n) is 5.18. The van der Waals surface area contributed by atoms with Gasteiger partial charge in [0.15, 0.2) is 0 Å². The molecule has 1 fully saturated rings. The molecule has 1 aliphatic carbocycles. The van der Waals surface area contributed by atoms with E-state index in [1.54, 1.807) is 24.3 Å². The Hall–Kier alpha value is -3.14. The summed E-state index contributed by atoms with van der Waals surface area (Å²) in [5.41, 5.74) is 1.55. The second-order valence-corrected chi connectivity index (χ2v) is 13.3. The number of rotatable bonds is 11. The summed E-state index contributed by atoms with van der Waals surface area (Å²) in [6.45, 7) is -0.611. The Morgan fingerprint density at radius 1 is 0.952 bits per heavy atom. The molecule has 4 rings (SSSR count). The fourth-order valence-corrected chi connectivity index (χ4v) is 6.41. The minimum Gasteiger partial charge on any atom is -0.352 e. The van der Waals surface area contributed by atoms with Crippen molar-refractivity contribution in [2.75, 3.05) is 17.1 Å². The number of nitrogens with zero attached hydrogens (tertiary/aromatic N) is 2. The van der Waals surface area contributed by atoms with Gasteiger partial charge in [-0.1, -0.05) is 84.9 Å². The first-order chi connectivity index (χ1) is 20.0. The molecule has 42 heavy (non-hydrogen) atoms. The van der Waals surface area contributed by atoms with Gasteiger partial charge >= 0.3 is 0 Å². The van der Waals surface area contributed by atoms with Crippen molar-refractivity contribution < 1.29 is 22.4 Å². The van der Waals surface area contributed by atoms with Crippen molar-refractivity contribution in [2.45, 2.75) is 57.2 Å². The number of amides is 2. The maximum absolute atomic E-state index is 14.1. The number of benzene rings is 3. The van der Waals surface area contributed by atoms with E-state index in [1.807, 2.05) is 30.3 Å². The summed E-state index contributed by atoms with van der Waals surface area (Å²) in [6, 6.07) is 18.8. The van der Waals surface area contributed by atoms with E-state index < -0.39 is 34.3 Å². The quantitative estimate of drug-likeness (QED) is 0.281. The maximum Gasteiger partial charge on any atom is 0.244 e. The van der Waals surface area contributed by atoms with Gasteiger partial charge in [0.1, 0.15) is 18.4 Å². The molecule has 2 amide bonds. The first-order valence-electron chi connectivity index (χ1n) is 13.8. The highest BCUT2D eigenvalue weighted by atomic mass is 35.5. The van der Waals surface area contributed by atoms with Gasteiger partial charge in [-0.2, -0.15) is 0 Å². The van der Waals surface area contributed by atoms with Gasteiger partial charge in [0.2, 0.25) is 21.8 Å². The normalized spacial score (nSPS) is 14.7. The average molecular weight is 635 g/mol. The van der Waals surface area contributed by atoms with Crippen LogP contribution in [-0.4, -0.2) is 50.0 Å². The third-order valence-corrected chi connectivity index (χ3v) is 9.00. The van der Waals surface area contributed by atoms with E-state index in [1.165, 1.54) is 11.0 Å². The second kappa shape index (κ2) is 14.4. The number of sulfonamides is 1. The number of carbonyl (C=O) groups is 2. The zero-order valence-corrected chi connectivity index (χ0v) is 25.6. The lowest BCUT2D eigenvalue weighted by atomic mass is 9.94. The van der Waals surface area contributed by atoms with Crippen LogP contribution in [0.4, 0.5) is 10.1 Å². The largest absolute Gasteiger partial charge is 0.352 e. The highest BCUT2D eigenvalue weighted by Gasteiger charge is 2.34. The monoisotopic (exact) mass is 633 g/mol. The number of hydrogen-bond acceptors (Lipinski definition) is 4. The van der Waals surface area contributed by atoms with Crippen LogP contribution in [-0.2, 0) is 32.6 Å². The Kier molecular flexibility index (Phi) is 10.9. The number of halogens is 3. The highest BCUT2D eigenvalue weighted by Crippen LogP contribution is 2.26. The van der Waals surface area contributed by atoms with Crippen LogP contribution >= 0.6 is 23.2 Å². The Bertz CT molecular complexity index is 1500. The lowest BCUT2D eigenvalue weighted by molar-refractivity contribution is -0.140. The standard InChI is InChI=1S/C31H34Cl2FN3O4S/c1-42(40,41)37(26-15-16-28(34)27(33)19-26)21-30(38)36(20-23-11-8-12-24(32)17-23)29(18-22-9-4-2-5-10-22)31(39)35-25-13-6-3-7-14-25/h2,4-5,8-12,15-17,19,25,29H,3,6-7,13-14,18,20-21H2,1H3,(H,35,39)/t29-/m0/s1. The SMILES string of the molecule is CS(=O)(=O)N(CC(=O)N(Cc1cccc(Cl)c1)[C@@H](Cc1ccccc1)C(=O)NC1CCCCC1)c1ccc(F)c(Cl)c1. The van der Waals surface area contributed by atoms with Crippen molar-refractivity contribution in [1.82, 2.24) is 10.2 Å². The van der Waals surface area contributed by atoms with E-state index in [-0.39, 0.29) is 35.6 Å². The predicted octanol–water partition coefficient (Wildman–Crippen LogP) is 5.99. The van der Waals surface area contributed by atoms with E-state index in [0.717, 1.165) is 60.4 Å². The van der Waals surface area contributed by atoms with Gasteiger partial charge < -0.3 is 10.2 Å². The summed E-state index contributed by atoms with van der Waals surface area (Å²) in [4.78, 5) is 29.5. The Morgan fingerprint density at radius 3 is 2.29 bits per heavy atom. The molecule has 0 spiro atoms. The van der Waals surface area contributed by atoms with E-state index >= 15 is 0 Å². The maximum atomic E-state index is 14.1. The van der Waals surface area contributed by atoms with Crippen LogP contribution in [0.25, 0.3) is 0 Å². The van der Waals surface area contributed by atoms with Gasteiger partial charge in [-0.05, 0) is 54.3 Å². The topological polar surface area (TPSA) is 86.8 Å². The molecule has 224 valence electrons. The number of hydrogen-bond donors (Lipinski definition) is 1. The Balaban J connectivity index is 1.73. The van der Waals surface area contributed by atoms with Crippen LogP contribution < -0.4 is 9.62 Å². The summed E-state index contributed by atoms with van der Waals surface area (Å²) in [6.07, 6.45) is 6.04. The van der Waals surface area contributed by atoms with E-state index in [9.17, 15) is 22.4 Å². The van der Waals surface area contributed by atoms with Crippen molar-refractivity contribution in [1.29, 1.82) is 0 Å². The molecular weight excluding hydrogens is 600 g/mol. The molecule has 0 aromatic heterocycles. The molecule has 0 bridgehead atoms. The van der Waals surface area contributed by atoms with Crippen molar-refractivity contribution >= 4 is 50.7 Å². The molecule has 0 saturated heterocycles. The second-order valence-electron chi connectivity index (χ2n) is 10.6. The van der Waals surface area contributed by atoms with Gasteiger partial charge in [0, 0.05) is 24.0 Å². The van der Waals surface area contributed by atoms with Crippen LogP contribution in [0.5, 0.6) is 0 Å². The molecule has 0 radical (unpaired) electrons. The Morgan fingerprint density at radius 2 is 1.64 bits per heavy atom. The lowest BCUT2D eigenvalue weighted by Gasteiger charge is -2.35. The van der Waals surface area contributed by atoms with Gasteiger partial charge in [-0.3, -0.25) is 13.9 Å². The molecule has 3 aromatic rings. The van der Waals surface area contributed by atoms with Gasteiger partial charge in [0.25, 0.3) is 0 Å². The molecule has 1 N–H and O–H groups in total. The molecule has 0 unspecified atom stereocenters. The first kappa shape index (κ1) is 31.8. The van der Waals surface area contributed by atoms with Crippen LogP contribution in [0.1, 0.15) is 43.2 Å². The number of carbonyl (C=O) groups excluding carboxylic acids is 2.